The van der Waals surface area contributed by atoms with Crippen molar-refractivity contribution in [2.75, 3.05) is 5.32 Å². The van der Waals surface area contributed by atoms with Gasteiger partial charge in [-0.3, -0.25) is 0 Å². The highest BCUT2D eigenvalue weighted by molar-refractivity contribution is 6.15. The van der Waals surface area contributed by atoms with Crippen LogP contribution >= 0.6 is 0 Å². The molecule has 1 atom stereocenters. The maximum absolute atomic E-state index is 11.9. The number of rotatable bonds is 3. The van der Waals surface area contributed by atoms with Gasteiger partial charge in [0.1, 0.15) is 11.9 Å². The molecule has 2 heterocycles. The number of hydrogen-bond donors (Lipinski definition) is 3. The van der Waals surface area contributed by atoms with E-state index >= 15 is 0 Å². The van der Waals surface area contributed by atoms with Gasteiger partial charge in [-0.25, -0.2) is 14.6 Å². The molecule has 1 unspecified atom stereocenters. The summed E-state index contributed by atoms with van der Waals surface area (Å²) < 4.78 is 10.0. The number of nitrogens with zero attached hydrogens (tertiary/aromatic N) is 1. The number of carbonyl (C=O) groups is 2. The Balaban J connectivity index is 1.82. The third-order valence-corrected chi connectivity index (χ3v) is 3.40. The number of aliphatic hydroxyl groups excluding tert-OH is 1. The Labute approximate surface area is 137 Å². The van der Waals surface area contributed by atoms with Crippen LogP contribution < -0.4 is 5.32 Å². The molecule has 0 saturated carbocycles. The van der Waals surface area contributed by atoms with Crippen molar-refractivity contribution in [3.8, 4) is 0 Å². The number of aliphatic hydroxyl groups is 1. The fourth-order valence-corrected chi connectivity index (χ4v) is 2.25. The predicted octanol–water partition coefficient (Wildman–Crippen LogP) is 1.75. The minimum absolute atomic E-state index is 0.219. The highest BCUT2D eigenvalue weighted by Crippen LogP contribution is 2.24. The summed E-state index contributed by atoms with van der Waals surface area (Å²) in [6.07, 6.45) is 0.540. The third-order valence-electron chi connectivity index (χ3n) is 3.40. The molecule has 1 saturated heterocycles. The zero-order valence-electron chi connectivity index (χ0n) is 13.4. The monoisotopic (exact) mass is 331 g/mol. The largest absolute Gasteiger partial charge is 0.419 e. The number of aromatic amines is 1. The van der Waals surface area contributed by atoms with Gasteiger partial charge in [-0.2, -0.15) is 0 Å². The number of fused-ring (bicyclic) bond motifs is 1. The van der Waals surface area contributed by atoms with Crippen molar-refractivity contribution in [3.63, 3.8) is 0 Å². The molecule has 0 amide bonds. The van der Waals surface area contributed by atoms with Crippen molar-refractivity contribution in [1.82, 2.24) is 9.97 Å². The SMILES string of the molecule is CC(O)c1nc2ccc(NC=C3C(=O)OC(C)(C)OC3=O)cc2[nH]1. The van der Waals surface area contributed by atoms with Gasteiger partial charge >= 0.3 is 11.9 Å². The summed E-state index contributed by atoms with van der Waals surface area (Å²) in [6, 6.07) is 5.23. The zero-order valence-corrected chi connectivity index (χ0v) is 13.4. The minimum Gasteiger partial charge on any atom is -0.419 e. The van der Waals surface area contributed by atoms with Gasteiger partial charge in [-0.15, -0.1) is 0 Å². The first-order valence-electron chi connectivity index (χ1n) is 7.36. The molecule has 126 valence electrons. The van der Waals surface area contributed by atoms with Crippen LogP contribution in [0.15, 0.2) is 30.0 Å². The van der Waals surface area contributed by atoms with Gasteiger partial charge in [-0.1, -0.05) is 0 Å². The second-order valence-corrected chi connectivity index (χ2v) is 5.91. The first-order valence-corrected chi connectivity index (χ1v) is 7.36. The fraction of sp³-hybridized carbons (Fsp3) is 0.312. The smallest absolute Gasteiger partial charge is 0.350 e. The van der Waals surface area contributed by atoms with E-state index in [0.29, 0.717) is 22.5 Å². The molecule has 24 heavy (non-hydrogen) atoms. The Kier molecular flexibility index (Phi) is 3.76. The van der Waals surface area contributed by atoms with Crippen molar-refractivity contribution >= 4 is 28.7 Å². The molecule has 0 bridgehead atoms. The van der Waals surface area contributed by atoms with Gasteiger partial charge in [0.2, 0.25) is 0 Å². The molecular weight excluding hydrogens is 314 g/mol. The maximum Gasteiger partial charge on any atom is 0.350 e. The van der Waals surface area contributed by atoms with Crippen LogP contribution in [0.4, 0.5) is 5.69 Å². The summed E-state index contributed by atoms with van der Waals surface area (Å²) in [6.45, 7) is 4.58. The standard InChI is InChI=1S/C16H17N3O5/c1-8(20)13-18-11-5-4-9(6-12(11)19-13)17-7-10-14(21)23-16(2,3)24-15(10)22/h4-8,17,20H,1-3H3,(H,18,19). The summed E-state index contributed by atoms with van der Waals surface area (Å²) in [5.74, 6) is -2.30. The van der Waals surface area contributed by atoms with Gasteiger partial charge in [0.05, 0.1) is 11.0 Å². The second kappa shape index (κ2) is 5.64. The van der Waals surface area contributed by atoms with E-state index < -0.39 is 23.8 Å². The van der Waals surface area contributed by atoms with Crippen molar-refractivity contribution in [1.29, 1.82) is 0 Å². The highest BCUT2D eigenvalue weighted by Gasteiger charge is 2.38. The lowest BCUT2D eigenvalue weighted by Gasteiger charge is -2.29. The first-order chi connectivity index (χ1) is 11.2. The van der Waals surface area contributed by atoms with Gasteiger partial charge in [0, 0.05) is 25.7 Å². The number of H-pyrrole nitrogens is 1. The second-order valence-electron chi connectivity index (χ2n) is 5.91. The number of cyclic esters (lactones) is 2. The Morgan fingerprint density at radius 1 is 1.29 bits per heavy atom. The van der Waals surface area contributed by atoms with Crippen LogP contribution in [0, 0.1) is 0 Å². The van der Waals surface area contributed by atoms with Crippen LogP contribution in [0.2, 0.25) is 0 Å². The molecule has 2 aromatic rings. The third kappa shape index (κ3) is 3.09. The number of hydrogen-bond acceptors (Lipinski definition) is 7. The summed E-state index contributed by atoms with van der Waals surface area (Å²) in [4.78, 5) is 31.0. The summed E-state index contributed by atoms with van der Waals surface area (Å²) in [5, 5.41) is 12.4. The highest BCUT2D eigenvalue weighted by atomic mass is 16.7. The average Bonchev–Trinajstić information content (AvgIpc) is 2.88. The lowest BCUT2D eigenvalue weighted by atomic mass is 10.2. The average molecular weight is 331 g/mol. The normalized spacial score (nSPS) is 18.1. The predicted molar refractivity (Wildman–Crippen MR) is 84.7 cm³/mol. The summed E-state index contributed by atoms with van der Waals surface area (Å²) in [7, 11) is 0. The number of nitrogens with one attached hydrogen (secondary N) is 2. The van der Waals surface area contributed by atoms with Crippen LogP contribution in [0.25, 0.3) is 11.0 Å². The van der Waals surface area contributed by atoms with Gasteiger partial charge in [0.15, 0.2) is 5.57 Å². The van der Waals surface area contributed by atoms with Gasteiger partial charge < -0.3 is 24.9 Å². The lowest BCUT2D eigenvalue weighted by Crippen LogP contribution is -2.42. The Morgan fingerprint density at radius 3 is 2.58 bits per heavy atom. The van der Waals surface area contributed by atoms with E-state index in [-0.39, 0.29) is 5.57 Å². The van der Waals surface area contributed by atoms with Gasteiger partial charge in [0.25, 0.3) is 5.79 Å². The number of imidazole rings is 1. The number of carbonyl (C=O) groups excluding carboxylic acids is 2. The van der Waals surface area contributed by atoms with Gasteiger partial charge in [-0.05, 0) is 25.1 Å². The van der Waals surface area contributed by atoms with Crippen molar-refractivity contribution in [2.45, 2.75) is 32.7 Å². The molecule has 3 rings (SSSR count). The minimum atomic E-state index is -1.27. The molecule has 0 spiro atoms. The van der Waals surface area contributed by atoms with Crippen molar-refractivity contribution in [3.05, 3.63) is 35.8 Å². The first kappa shape index (κ1) is 16.0. The van der Waals surface area contributed by atoms with E-state index in [9.17, 15) is 14.7 Å². The van der Waals surface area contributed by atoms with E-state index in [0.717, 1.165) is 0 Å². The van der Waals surface area contributed by atoms with E-state index in [1.54, 1.807) is 25.1 Å². The topological polar surface area (TPSA) is 114 Å². The van der Waals surface area contributed by atoms with E-state index in [2.05, 4.69) is 15.3 Å². The van der Waals surface area contributed by atoms with Crippen LogP contribution in [-0.4, -0.2) is 32.8 Å². The zero-order chi connectivity index (χ0) is 17.5. The van der Waals surface area contributed by atoms with Crippen LogP contribution in [0.1, 0.15) is 32.7 Å². The molecule has 3 N–H and O–H groups in total. The summed E-state index contributed by atoms with van der Waals surface area (Å²) >= 11 is 0. The van der Waals surface area contributed by atoms with E-state index in [1.165, 1.54) is 20.0 Å². The molecule has 1 aliphatic heterocycles. The number of anilines is 1. The summed E-state index contributed by atoms with van der Waals surface area (Å²) in [5.41, 5.74) is 1.82. The van der Waals surface area contributed by atoms with Crippen LogP contribution in [0.3, 0.4) is 0 Å². The van der Waals surface area contributed by atoms with Crippen molar-refractivity contribution in [2.24, 2.45) is 0 Å². The Morgan fingerprint density at radius 2 is 1.96 bits per heavy atom. The molecule has 8 heteroatoms. The molecular formula is C16H17N3O5. The maximum atomic E-state index is 11.9. The molecule has 1 aliphatic rings. The lowest BCUT2D eigenvalue weighted by molar-refractivity contribution is -0.222. The Hall–Kier alpha value is -2.87. The number of esters is 2. The van der Waals surface area contributed by atoms with Crippen LogP contribution in [0.5, 0.6) is 0 Å². The van der Waals surface area contributed by atoms with E-state index in [4.69, 9.17) is 9.47 Å². The van der Waals surface area contributed by atoms with Crippen LogP contribution in [-0.2, 0) is 19.1 Å². The van der Waals surface area contributed by atoms with E-state index in [1.807, 2.05) is 0 Å². The molecule has 1 fully saturated rings. The number of ether oxygens (including phenoxy) is 2. The van der Waals surface area contributed by atoms with Crippen molar-refractivity contribution < 1.29 is 24.2 Å². The molecule has 1 aromatic carbocycles. The Bertz CT molecular complexity index is 829. The molecule has 1 aromatic heterocycles. The number of aromatic nitrogens is 2. The fourth-order valence-electron chi connectivity index (χ4n) is 2.25. The number of benzene rings is 1. The molecule has 0 aliphatic carbocycles. The molecule has 0 radical (unpaired) electrons. The quantitative estimate of drug-likeness (QED) is 0.446. The molecule has 8 nitrogen and oxygen atoms in total.